The Labute approximate surface area is 140 Å². The Hall–Kier alpha value is -0.970. The molecule has 2 aliphatic heterocycles. The third-order valence-corrected chi connectivity index (χ3v) is 4.77. The predicted octanol–water partition coefficient (Wildman–Crippen LogP) is 3.16. The Balaban J connectivity index is 1.55. The molecule has 3 atom stereocenters. The number of carbonyl (C=O) groups excluding carboxylic acids is 1. The van der Waals surface area contributed by atoms with Gasteiger partial charge in [-0.1, -0.05) is 23.2 Å². The summed E-state index contributed by atoms with van der Waals surface area (Å²) < 4.78 is 5.65. The maximum Gasteiger partial charge on any atom is 0.260 e. The fourth-order valence-electron chi connectivity index (χ4n) is 3.35. The van der Waals surface area contributed by atoms with E-state index >= 15 is 0 Å². The van der Waals surface area contributed by atoms with Gasteiger partial charge in [-0.05, 0) is 50.8 Å². The van der Waals surface area contributed by atoms with Crippen LogP contribution in [0.3, 0.4) is 0 Å². The van der Waals surface area contributed by atoms with E-state index in [4.69, 9.17) is 27.9 Å². The topological polar surface area (TPSA) is 50.4 Å². The SMILES string of the molecule is CC(Oc1cc(Cl)cc(Cl)c1)C(=O)NC1CC2CCC(C1)N2. The van der Waals surface area contributed by atoms with Crippen LogP contribution in [0.4, 0.5) is 0 Å². The van der Waals surface area contributed by atoms with E-state index in [2.05, 4.69) is 10.6 Å². The van der Waals surface area contributed by atoms with Gasteiger partial charge in [0.05, 0.1) is 0 Å². The van der Waals surface area contributed by atoms with E-state index in [1.54, 1.807) is 25.1 Å². The monoisotopic (exact) mass is 342 g/mol. The molecular formula is C16H20Cl2N2O2. The molecule has 0 aliphatic carbocycles. The lowest BCUT2D eigenvalue weighted by Crippen LogP contribution is -2.50. The molecule has 22 heavy (non-hydrogen) atoms. The van der Waals surface area contributed by atoms with E-state index in [1.165, 1.54) is 12.8 Å². The number of ether oxygens (including phenoxy) is 1. The number of amides is 1. The molecule has 0 aromatic heterocycles. The van der Waals surface area contributed by atoms with Crippen molar-refractivity contribution in [3.05, 3.63) is 28.2 Å². The molecule has 120 valence electrons. The second-order valence-corrected chi connectivity index (χ2v) is 7.05. The number of fused-ring (bicyclic) bond motifs is 2. The molecule has 3 rings (SSSR count). The van der Waals surface area contributed by atoms with Crippen LogP contribution in [0.5, 0.6) is 5.75 Å². The molecule has 1 aromatic carbocycles. The Kier molecular flexibility index (Phi) is 4.81. The highest BCUT2D eigenvalue weighted by atomic mass is 35.5. The van der Waals surface area contributed by atoms with Gasteiger partial charge >= 0.3 is 0 Å². The average molecular weight is 343 g/mol. The Morgan fingerprint density at radius 3 is 2.41 bits per heavy atom. The summed E-state index contributed by atoms with van der Waals surface area (Å²) in [5, 5.41) is 7.64. The van der Waals surface area contributed by atoms with Crippen LogP contribution in [0.1, 0.15) is 32.6 Å². The van der Waals surface area contributed by atoms with Crippen LogP contribution in [0, 0.1) is 0 Å². The number of nitrogens with one attached hydrogen (secondary N) is 2. The summed E-state index contributed by atoms with van der Waals surface area (Å²) in [5.74, 6) is 0.410. The van der Waals surface area contributed by atoms with Gasteiger partial charge in [0, 0.05) is 28.2 Å². The highest BCUT2D eigenvalue weighted by Crippen LogP contribution is 2.27. The number of hydrogen-bond acceptors (Lipinski definition) is 3. The molecule has 2 saturated heterocycles. The van der Waals surface area contributed by atoms with Gasteiger partial charge in [-0.15, -0.1) is 0 Å². The lowest BCUT2D eigenvalue weighted by Gasteiger charge is -2.30. The van der Waals surface area contributed by atoms with Crippen molar-refractivity contribution < 1.29 is 9.53 Å². The molecule has 0 saturated carbocycles. The first-order valence-corrected chi connectivity index (χ1v) is 8.44. The van der Waals surface area contributed by atoms with E-state index in [0.29, 0.717) is 27.9 Å². The van der Waals surface area contributed by atoms with Gasteiger partial charge in [-0.2, -0.15) is 0 Å². The smallest absolute Gasteiger partial charge is 0.260 e. The standard InChI is InChI=1S/C16H20Cl2N2O2/c1-9(22-15-5-10(17)4-11(18)6-15)16(21)20-14-7-12-2-3-13(8-14)19-12/h4-6,9,12-14,19H,2-3,7-8H2,1H3,(H,20,21). The molecule has 2 aliphatic rings. The van der Waals surface area contributed by atoms with Gasteiger partial charge in [0.1, 0.15) is 5.75 Å². The number of hydrogen-bond donors (Lipinski definition) is 2. The van der Waals surface area contributed by atoms with Crippen molar-refractivity contribution in [2.24, 2.45) is 0 Å². The normalized spacial score (nSPS) is 28.2. The number of halogens is 2. The van der Waals surface area contributed by atoms with Gasteiger partial charge in [-0.3, -0.25) is 4.79 Å². The zero-order valence-corrected chi connectivity index (χ0v) is 14.0. The van der Waals surface area contributed by atoms with E-state index in [-0.39, 0.29) is 11.9 Å². The van der Waals surface area contributed by atoms with Crippen molar-refractivity contribution in [1.82, 2.24) is 10.6 Å². The second kappa shape index (κ2) is 6.65. The molecule has 2 heterocycles. The van der Waals surface area contributed by atoms with E-state index < -0.39 is 6.10 Å². The first-order chi connectivity index (χ1) is 10.5. The molecule has 6 heteroatoms. The maximum absolute atomic E-state index is 12.3. The maximum atomic E-state index is 12.3. The van der Waals surface area contributed by atoms with Crippen molar-refractivity contribution in [3.8, 4) is 5.75 Å². The second-order valence-electron chi connectivity index (χ2n) is 6.18. The van der Waals surface area contributed by atoms with Gasteiger partial charge in [0.15, 0.2) is 6.10 Å². The number of carbonyl (C=O) groups is 1. The third kappa shape index (κ3) is 3.86. The fraction of sp³-hybridized carbons (Fsp3) is 0.562. The Morgan fingerprint density at radius 1 is 1.23 bits per heavy atom. The summed E-state index contributed by atoms with van der Waals surface area (Å²) in [6, 6.07) is 6.27. The van der Waals surface area contributed by atoms with Crippen LogP contribution < -0.4 is 15.4 Å². The summed E-state index contributed by atoms with van der Waals surface area (Å²) in [4.78, 5) is 12.3. The molecule has 3 unspecified atom stereocenters. The first-order valence-electron chi connectivity index (χ1n) is 7.69. The number of rotatable bonds is 4. The minimum atomic E-state index is -0.581. The minimum Gasteiger partial charge on any atom is -0.481 e. The molecule has 1 aromatic rings. The van der Waals surface area contributed by atoms with Crippen molar-refractivity contribution in [3.63, 3.8) is 0 Å². The lowest BCUT2D eigenvalue weighted by atomic mass is 9.99. The summed E-state index contributed by atoms with van der Waals surface area (Å²) in [6.45, 7) is 1.74. The van der Waals surface area contributed by atoms with E-state index in [1.807, 2.05) is 0 Å². The predicted molar refractivity (Wildman–Crippen MR) is 87.7 cm³/mol. The summed E-state index contributed by atoms with van der Waals surface area (Å²) >= 11 is 11.9. The minimum absolute atomic E-state index is 0.0950. The van der Waals surface area contributed by atoms with Crippen LogP contribution in [-0.2, 0) is 4.79 Å². The average Bonchev–Trinajstić information content (AvgIpc) is 2.76. The van der Waals surface area contributed by atoms with Crippen molar-refractivity contribution in [1.29, 1.82) is 0 Å². The number of piperidine rings is 1. The Bertz CT molecular complexity index is 535. The largest absolute Gasteiger partial charge is 0.481 e. The van der Waals surface area contributed by atoms with Crippen LogP contribution in [0.15, 0.2) is 18.2 Å². The first kappa shape index (κ1) is 15.9. The van der Waals surface area contributed by atoms with Crippen LogP contribution in [0.25, 0.3) is 0 Å². The molecule has 2 fully saturated rings. The summed E-state index contributed by atoms with van der Waals surface area (Å²) in [5.41, 5.74) is 0. The lowest BCUT2D eigenvalue weighted by molar-refractivity contribution is -0.128. The van der Waals surface area contributed by atoms with Crippen molar-refractivity contribution in [2.75, 3.05) is 0 Å². The number of benzene rings is 1. The van der Waals surface area contributed by atoms with E-state index in [9.17, 15) is 4.79 Å². The molecule has 0 radical (unpaired) electrons. The zero-order chi connectivity index (χ0) is 15.7. The molecule has 4 nitrogen and oxygen atoms in total. The van der Waals surface area contributed by atoms with Crippen LogP contribution >= 0.6 is 23.2 Å². The Morgan fingerprint density at radius 2 is 1.82 bits per heavy atom. The summed E-state index contributed by atoms with van der Waals surface area (Å²) in [6.07, 6.45) is 3.84. The molecule has 1 amide bonds. The third-order valence-electron chi connectivity index (χ3n) is 4.34. The molecule has 2 N–H and O–H groups in total. The van der Waals surface area contributed by atoms with Gasteiger partial charge in [-0.25, -0.2) is 0 Å². The quantitative estimate of drug-likeness (QED) is 0.883. The highest BCUT2D eigenvalue weighted by Gasteiger charge is 2.34. The van der Waals surface area contributed by atoms with Crippen LogP contribution in [0.2, 0.25) is 10.0 Å². The molecular weight excluding hydrogens is 323 g/mol. The van der Waals surface area contributed by atoms with Crippen molar-refractivity contribution in [2.45, 2.75) is 56.8 Å². The zero-order valence-electron chi connectivity index (χ0n) is 12.4. The fourth-order valence-corrected chi connectivity index (χ4v) is 3.85. The van der Waals surface area contributed by atoms with E-state index in [0.717, 1.165) is 12.8 Å². The molecule has 2 bridgehead atoms. The summed E-state index contributed by atoms with van der Waals surface area (Å²) in [7, 11) is 0. The van der Waals surface area contributed by atoms with Gasteiger partial charge in [0.25, 0.3) is 5.91 Å². The van der Waals surface area contributed by atoms with Crippen LogP contribution in [-0.4, -0.2) is 30.1 Å². The van der Waals surface area contributed by atoms with Gasteiger partial charge in [0.2, 0.25) is 0 Å². The molecule has 0 spiro atoms. The highest BCUT2D eigenvalue weighted by molar-refractivity contribution is 6.34. The van der Waals surface area contributed by atoms with Crippen molar-refractivity contribution >= 4 is 29.1 Å². The van der Waals surface area contributed by atoms with Gasteiger partial charge < -0.3 is 15.4 Å².